The van der Waals surface area contributed by atoms with Crippen molar-refractivity contribution in [1.82, 2.24) is 4.90 Å². The van der Waals surface area contributed by atoms with E-state index in [1.807, 2.05) is 0 Å². The predicted molar refractivity (Wildman–Crippen MR) is 219 cm³/mol. The minimum absolute atomic E-state index is 0.443. The van der Waals surface area contributed by atoms with Crippen molar-refractivity contribution in [3.05, 3.63) is 36.5 Å². The van der Waals surface area contributed by atoms with Gasteiger partial charge >= 0.3 is 0 Å². The quantitative estimate of drug-likeness (QED) is 0.0526. The summed E-state index contributed by atoms with van der Waals surface area (Å²) < 4.78 is 5.64. The normalized spacial score (nSPS) is 16.0. The van der Waals surface area contributed by atoms with E-state index in [4.69, 9.17) is 4.74 Å². The van der Waals surface area contributed by atoms with Gasteiger partial charge in [-0.3, -0.25) is 0 Å². The number of aliphatic hydroxyl groups is 1. The van der Waals surface area contributed by atoms with Crippen molar-refractivity contribution in [2.24, 2.45) is 0 Å². The molecule has 1 unspecified atom stereocenters. The average molecular weight is 686 g/mol. The van der Waals surface area contributed by atoms with Crippen LogP contribution in [0.15, 0.2) is 36.5 Å². The molecule has 3 heteroatoms. The summed E-state index contributed by atoms with van der Waals surface area (Å²) in [6, 6.07) is 0. The molecule has 0 saturated carbocycles. The van der Waals surface area contributed by atoms with E-state index >= 15 is 0 Å². The van der Waals surface area contributed by atoms with Crippen LogP contribution in [0.25, 0.3) is 0 Å². The lowest BCUT2D eigenvalue weighted by atomic mass is 9.85. The summed E-state index contributed by atoms with van der Waals surface area (Å²) in [5.74, 6) is 0. The first-order valence-electron chi connectivity index (χ1n) is 22.2. The van der Waals surface area contributed by atoms with E-state index in [9.17, 15) is 5.11 Å². The highest BCUT2D eigenvalue weighted by molar-refractivity contribution is 4.92. The third-order valence-electron chi connectivity index (χ3n) is 10.7. The summed E-state index contributed by atoms with van der Waals surface area (Å²) in [5.41, 5.74) is -0.443. The summed E-state index contributed by atoms with van der Waals surface area (Å²) in [7, 11) is 0. The second kappa shape index (κ2) is 36.9. The van der Waals surface area contributed by atoms with E-state index in [1.165, 1.54) is 180 Å². The third kappa shape index (κ3) is 32.7. The number of nitrogens with zero attached hydrogens (tertiary/aromatic N) is 1. The van der Waals surface area contributed by atoms with Crippen molar-refractivity contribution in [2.75, 3.05) is 32.8 Å². The first-order chi connectivity index (χ1) is 24.2. The average Bonchev–Trinajstić information content (AvgIpc) is 3.39. The van der Waals surface area contributed by atoms with E-state index < -0.39 is 5.60 Å². The molecule has 1 heterocycles. The Labute approximate surface area is 308 Å². The van der Waals surface area contributed by atoms with Crippen LogP contribution in [0, 0.1) is 0 Å². The van der Waals surface area contributed by atoms with Gasteiger partial charge in [-0.1, -0.05) is 159 Å². The summed E-state index contributed by atoms with van der Waals surface area (Å²) in [4.78, 5) is 2.57. The van der Waals surface area contributed by atoms with Gasteiger partial charge in [0.05, 0.1) is 12.2 Å². The fourth-order valence-corrected chi connectivity index (χ4v) is 7.33. The maximum Gasteiger partial charge on any atom is 0.0647 e. The van der Waals surface area contributed by atoms with Gasteiger partial charge in [-0.15, -0.1) is 0 Å². The maximum atomic E-state index is 11.8. The van der Waals surface area contributed by atoms with Crippen LogP contribution in [0.4, 0.5) is 0 Å². The van der Waals surface area contributed by atoms with E-state index in [0.29, 0.717) is 0 Å². The number of rotatable bonds is 36. The molecule has 1 N–H and O–H groups in total. The fourth-order valence-electron chi connectivity index (χ4n) is 7.33. The molecule has 0 radical (unpaired) electrons. The van der Waals surface area contributed by atoms with Crippen molar-refractivity contribution in [1.29, 1.82) is 0 Å². The van der Waals surface area contributed by atoms with Crippen LogP contribution >= 0.6 is 0 Å². The molecule has 0 aromatic rings. The Morgan fingerprint density at radius 3 is 1.37 bits per heavy atom. The monoisotopic (exact) mass is 686 g/mol. The molecular weight excluding hydrogens is 599 g/mol. The summed E-state index contributed by atoms with van der Waals surface area (Å²) in [5, 5.41) is 11.8. The molecule has 1 aliphatic heterocycles. The zero-order valence-corrected chi connectivity index (χ0v) is 33.4. The third-order valence-corrected chi connectivity index (χ3v) is 10.7. The number of allylic oxidation sites excluding steroid dienone is 6. The maximum absolute atomic E-state index is 11.8. The smallest absolute Gasteiger partial charge is 0.0647 e. The van der Waals surface area contributed by atoms with Gasteiger partial charge in [0.2, 0.25) is 0 Å². The number of hydrogen-bond acceptors (Lipinski definition) is 3. The molecule has 288 valence electrons. The van der Waals surface area contributed by atoms with Gasteiger partial charge in [0.25, 0.3) is 0 Å². The number of ether oxygens (including phenoxy) is 1. The molecular formula is C46H87NO2. The van der Waals surface area contributed by atoms with Crippen molar-refractivity contribution in [3.8, 4) is 0 Å². The lowest BCUT2D eigenvalue weighted by molar-refractivity contribution is 0.00660. The SMILES string of the molecule is CCCCC/C=C\C/C=C\CCCCCCCCC(O)(CCCCCCCCCCC/C=C\CCCCC)CCCCN1CCCOCC1. The van der Waals surface area contributed by atoms with Crippen molar-refractivity contribution in [3.63, 3.8) is 0 Å². The van der Waals surface area contributed by atoms with Crippen molar-refractivity contribution >= 4 is 0 Å². The van der Waals surface area contributed by atoms with E-state index in [1.54, 1.807) is 0 Å². The van der Waals surface area contributed by atoms with E-state index in [0.717, 1.165) is 58.3 Å². The predicted octanol–water partition coefficient (Wildman–Crippen LogP) is 14.2. The molecule has 1 atom stereocenters. The van der Waals surface area contributed by atoms with Gasteiger partial charge < -0.3 is 14.7 Å². The molecule has 0 aromatic heterocycles. The summed E-state index contributed by atoms with van der Waals surface area (Å²) >= 11 is 0. The van der Waals surface area contributed by atoms with Gasteiger partial charge in [0.15, 0.2) is 0 Å². The van der Waals surface area contributed by atoms with Crippen LogP contribution in [-0.4, -0.2) is 48.5 Å². The zero-order valence-electron chi connectivity index (χ0n) is 33.4. The lowest BCUT2D eigenvalue weighted by Crippen LogP contribution is -2.30. The fraction of sp³-hybridized carbons (Fsp3) is 0.870. The molecule has 1 saturated heterocycles. The van der Waals surface area contributed by atoms with Crippen LogP contribution in [0.1, 0.15) is 219 Å². The van der Waals surface area contributed by atoms with Gasteiger partial charge in [0.1, 0.15) is 0 Å². The minimum atomic E-state index is -0.443. The Morgan fingerprint density at radius 2 is 0.878 bits per heavy atom. The zero-order chi connectivity index (χ0) is 35.2. The topological polar surface area (TPSA) is 32.7 Å². The highest BCUT2D eigenvalue weighted by Gasteiger charge is 2.25. The van der Waals surface area contributed by atoms with E-state index in [2.05, 4.69) is 55.2 Å². The number of hydrogen-bond donors (Lipinski definition) is 1. The number of unbranched alkanes of at least 4 members (excludes halogenated alkanes) is 22. The molecule has 49 heavy (non-hydrogen) atoms. The second-order valence-corrected chi connectivity index (χ2v) is 15.5. The Bertz CT molecular complexity index is 737. The highest BCUT2D eigenvalue weighted by Crippen LogP contribution is 2.29. The second-order valence-electron chi connectivity index (χ2n) is 15.5. The minimum Gasteiger partial charge on any atom is -0.390 e. The van der Waals surface area contributed by atoms with Crippen LogP contribution in [0.2, 0.25) is 0 Å². The van der Waals surface area contributed by atoms with Crippen LogP contribution in [0.3, 0.4) is 0 Å². The molecule has 0 bridgehead atoms. The molecule has 1 fully saturated rings. The first-order valence-corrected chi connectivity index (χ1v) is 22.2. The van der Waals surface area contributed by atoms with Crippen LogP contribution < -0.4 is 0 Å². The molecule has 1 aliphatic rings. The Morgan fingerprint density at radius 1 is 0.469 bits per heavy atom. The van der Waals surface area contributed by atoms with Gasteiger partial charge in [-0.05, 0) is 103 Å². The first kappa shape index (κ1) is 46.1. The summed E-state index contributed by atoms with van der Waals surface area (Å²) in [6.07, 6.45) is 54.9. The molecule has 0 amide bonds. The van der Waals surface area contributed by atoms with E-state index in [-0.39, 0.29) is 0 Å². The van der Waals surface area contributed by atoms with Crippen LogP contribution in [-0.2, 0) is 4.74 Å². The highest BCUT2D eigenvalue weighted by atomic mass is 16.5. The van der Waals surface area contributed by atoms with Crippen LogP contribution in [0.5, 0.6) is 0 Å². The lowest BCUT2D eigenvalue weighted by Gasteiger charge is -2.29. The molecule has 3 nitrogen and oxygen atoms in total. The Kier molecular flexibility index (Phi) is 34.7. The molecule has 0 aliphatic carbocycles. The molecule has 1 rings (SSSR count). The van der Waals surface area contributed by atoms with Gasteiger partial charge in [0, 0.05) is 19.7 Å². The largest absolute Gasteiger partial charge is 0.390 e. The Balaban J connectivity index is 2.18. The Hall–Kier alpha value is -0.900. The molecule has 0 spiro atoms. The summed E-state index contributed by atoms with van der Waals surface area (Å²) in [6.45, 7) is 9.77. The van der Waals surface area contributed by atoms with Crippen molar-refractivity contribution < 1.29 is 9.84 Å². The van der Waals surface area contributed by atoms with Crippen molar-refractivity contribution in [2.45, 2.75) is 225 Å². The van der Waals surface area contributed by atoms with Gasteiger partial charge in [-0.2, -0.15) is 0 Å². The van der Waals surface area contributed by atoms with Gasteiger partial charge in [-0.25, -0.2) is 0 Å². The molecule has 0 aromatic carbocycles. The standard InChI is InChI=1S/C46H87NO2/c1-3-5-7-9-11-13-15-17-19-21-23-25-27-29-31-33-38-46(48,40-35-36-41-47-42-37-44-49-45-43-47)39-34-32-30-28-26-24-22-20-18-16-14-12-10-8-6-4-2/h11-14,17,19,48H,3-10,15-16,18,20-45H2,1-2H3/b13-11-,14-12-,19-17-.